The lowest BCUT2D eigenvalue weighted by atomic mass is 10.4. The topological polar surface area (TPSA) is 101 Å². The van der Waals surface area contributed by atoms with Gasteiger partial charge in [-0.25, -0.2) is 23.1 Å². The number of imidazole rings is 1. The summed E-state index contributed by atoms with van der Waals surface area (Å²) >= 11 is 0. The van der Waals surface area contributed by atoms with E-state index in [9.17, 15) is 8.42 Å². The summed E-state index contributed by atoms with van der Waals surface area (Å²) in [6, 6.07) is 4.62. The molecule has 0 aliphatic rings. The molecule has 2 aromatic rings. The summed E-state index contributed by atoms with van der Waals surface area (Å²) < 4.78 is 28.4. The monoisotopic (exact) mass is 291 g/mol. The van der Waals surface area contributed by atoms with Crippen molar-refractivity contribution in [3.05, 3.63) is 42.7 Å². The number of hydrogen-bond donors (Lipinski definition) is 1. The SMILES string of the molecule is N#Cc1ncccc1S(=O)(=O)NCCCn1ccnc1. The van der Waals surface area contributed by atoms with Crippen LogP contribution in [0.5, 0.6) is 0 Å². The second-order valence-corrected chi connectivity index (χ2v) is 5.75. The fraction of sp³-hybridized carbons (Fsp3) is 0.250. The third-order valence-corrected chi connectivity index (χ3v) is 4.10. The molecule has 0 spiro atoms. The highest BCUT2D eigenvalue weighted by molar-refractivity contribution is 7.89. The molecule has 0 aromatic carbocycles. The lowest BCUT2D eigenvalue weighted by Gasteiger charge is -2.07. The highest BCUT2D eigenvalue weighted by atomic mass is 32.2. The van der Waals surface area contributed by atoms with Crippen molar-refractivity contribution >= 4 is 10.0 Å². The summed E-state index contributed by atoms with van der Waals surface area (Å²) in [6.45, 7) is 0.945. The highest BCUT2D eigenvalue weighted by Crippen LogP contribution is 2.11. The van der Waals surface area contributed by atoms with Crippen molar-refractivity contribution in [3.8, 4) is 6.07 Å². The molecule has 0 radical (unpaired) electrons. The molecule has 0 bridgehead atoms. The number of nitrogens with zero attached hydrogens (tertiary/aromatic N) is 4. The van der Waals surface area contributed by atoms with Gasteiger partial charge < -0.3 is 4.57 Å². The molecule has 2 heterocycles. The van der Waals surface area contributed by atoms with E-state index in [2.05, 4.69) is 14.7 Å². The van der Waals surface area contributed by atoms with E-state index in [1.807, 2.05) is 10.8 Å². The first-order valence-electron chi connectivity index (χ1n) is 5.94. The first kappa shape index (κ1) is 14.2. The van der Waals surface area contributed by atoms with E-state index < -0.39 is 10.0 Å². The number of aromatic nitrogens is 3. The average molecular weight is 291 g/mol. The van der Waals surface area contributed by atoms with Crippen LogP contribution in [0.1, 0.15) is 12.1 Å². The molecule has 0 aliphatic carbocycles. The van der Waals surface area contributed by atoms with Crippen LogP contribution >= 0.6 is 0 Å². The van der Waals surface area contributed by atoms with Crippen LogP contribution in [-0.4, -0.2) is 29.5 Å². The predicted octanol–water partition coefficient (Wildman–Crippen LogP) is 0.518. The normalized spacial score (nSPS) is 11.2. The summed E-state index contributed by atoms with van der Waals surface area (Å²) in [5, 5.41) is 8.86. The minimum absolute atomic E-state index is 0.0925. The first-order chi connectivity index (χ1) is 9.63. The van der Waals surface area contributed by atoms with Gasteiger partial charge in [0.15, 0.2) is 5.69 Å². The number of hydrogen-bond acceptors (Lipinski definition) is 5. The molecular weight excluding hydrogens is 278 g/mol. The maximum atomic E-state index is 12.1. The van der Waals surface area contributed by atoms with E-state index in [-0.39, 0.29) is 17.1 Å². The Morgan fingerprint density at radius 2 is 2.25 bits per heavy atom. The number of aryl methyl sites for hydroxylation is 1. The standard InChI is InChI=1S/C12H13N5O2S/c13-9-11-12(3-1-4-15-11)20(18,19)16-5-2-7-17-8-6-14-10-17/h1,3-4,6,8,10,16H,2,5,7H2. The molecule has 104 valence electrons. The second kappa shape index (κ2) is 6.27. The Labute approximate surface area is 117 Å². The number of sulfonamides is 1. The molecule has 8 heteroatoms. The first-order valence-corrected chi connectivity index (χ1v) is 7.42. The van der Waals surface area contributed by atoms with Gasteiger partial charge in [0.05, 0.1) is 6.33 Å². The van der Waals surface area contributed by atoms with Crippen LogP contribution in [0, 0.1) is 11.3 Å². The van der Waals surface area contributed by atoms with E-state index in [0.29, 0.717) is 13.0 Å². The van der Waals surface area contributed by atoms with Gasteiger partial charge in [-0.05, 0) is 18.6 Å². The van der Waals surface area contributed by atoms with Gasteiger partial charge in [0.2, 0.25) is 10.0 Å². The lowest BCUT2D eigenvalue weighted by molar-refractivity contribution is 0.569. The zero-order chi connectivity index (χ0) is 14.4. The molecule has 0 fully saturated rings. The zero-order valence-electron chi connectivity index (χ0n) is 10.6. The van der Waals surface area contributed by atoms with Gasteiger partial charge in [0.25, 0.3) is 0 Å². The maximum absolute atomic E-state index is 12.1. The van der Waals surface area contributed by atoms with E-state index in [1.54, 1.807) is 18.6 Å². The fourth-order valence-corrected chi connectivity index (χ4v) is 2.84. The Morgan fingerprint density at radius 1 is 1.40 bits per heavy atom. The van der Waals surface area contributed by atoms with Crippen molar-refractivity contribution in [1.29, 1.82) is 5.26 Å². The largest absolute Gasteiger partial charge is 0.337 e. The maximum Gasteiger partial charge on any atom is 0.243 e. The van der Waals surface area contributed by atoms with Gasteiger partial charge in [-0.2, -0.15) is 5.26 Å². The molecule has 0 amide bonds. The Hall–Kier alpha value is -2.24. The van der Waals surface area contributed by atoms with Crippen molar-refractivity contribution in [1.82, 2.24) is 19.3 Å². The summed E-state index contributed by atoms with van der Waals surface area (Å²) in [5.74, 6) is 0. The highest BCUT2D eigenvalue weighted by Gasteiger charge is 2.18. The number of nitrogens with one attached hydrogen (secondary N) is 1. The molecule has 0 saturated heterocycles. The van der Waals surface area contributed by atoms with E-state index in [1.165, 1.54) is 18.3 Å². The van der Waals surface area contributed by atoms with Crippen LogP contribution in [0.3, 0.4) is 0 Å². The van der Waals surface area contributed by atoms with Crippen molar-refractivity contribution in [2.75, 3.05) is 6.54 Å². The van der Waals surface area contributed by atoms with Gasteiger partial charge in [0, 0.05) is 31.7 Å². The zero-order valence-corrected chi connectivity index (χ0v) is 11.4. The molecule has 0 aliphatic heterocycles. The Bertz CT molecular complexity index is 704. The smallest absolute Gasteiger partial charge is 0.243 e. The molecule has 0 saturated carbocycles. The fourth-order valence-electron chi connectivity index (χ4n) is 1.66. The van der Waals surface area contributed by atoms with Crippen LogP contribution in [0.15, 0.2) is 41.9 Å². The van der Waals surface area contributed by atoms with Crippen LogP contribution in [0.4, 0.5) is 0 Å². The minimum Gasteiger partial charge on any atom is -0.337 e. The van der Waals surface area contributed by atoms with Gasteiger partial charge in [0.1, 0.15) is 11.0 Å². The van der Waals surface area contributed by atoms with Gasteiger partial charge in [-0.1, -0.05) is 0 Å². The number of rotatable bonds is 6. The van der Waals surface area contributed by atoms with Crippen molar-refractivity contribution in [3.63, 3.8) is 0 Å². The summed E-state index contributed by atoms with van der Waals surface area (Å²) in [7, 11) is -3.70. The lowest BCUT2D eigenvalue weighted by Crippen LogP contribution is -2.26. The van der Waals surface area contributed by atoms with E-state index in [0.717, 1.165) is 0 Å². The summed E-state index contributed by atoms with van der Waals surface area (Å²) in [5.41, 5.74) is -0.102. The van der Waals surface area contributed by atoms with Gasteiger partial charge >= 0.3 is 0 Å². The van der Waals surface area contributed by atoms with Crippen molar-refractivity contribution in [2.45, 2.75) is 17.9 Å². The molecule has 7 nitrogen and oxygen atoms in total. The summed E-state index contributed by atoms with van der Waals surface area (Å²) in [6.07, 6.45) is 7.15. The van der Waals surface area contributed by atoms with Gasteiger partial charge in [-0.3, -0.25) is 0 Å². The Morgan fingerprint density at radius 3 is 2.95 bits per heavy atom. The van der Waals surface area contributed by atoms with Crippen molar-refractivity contribution in [2.24, 2.45) is 0 Å². The van der Waals surface area contributed by atoms with Gasteiger partial charge in [-0.15, -0.1) is 0 Å². The second-order valence-electron chi connectivity index (χ2n) is 4.01. The number of nitriles is 1. The quantitative estimate of drug-likeness (QED) is 0.782. The Kier molecular flexibility index (Phi) is 4.45. The molecule has 1 N–H and O–H groups in total. The molecular formula is C12H13N5O2S. The molecule has 2 aromatic heterocycles. The average Bonchev–Trinajstić information content (AvgIpc) is 2.97. The van der Waals surface area contributed by atoms with E-state index in [4.69, 9.17) is 5.26 Å². The number of pyridine rings is 1. The predicted molar refractivity (Wildman–Crippen MR) is 71.0 cm³/mol. The molecule has 0 unspecified atom stereocenters. The molecule has 2 rings (SSSR count). The van der Waals surface area contributed by atoms with E-state index >= 15 is 0 Å². The summed E-state index contributed by atoms with van der Waals surface area (Å²) in [4.78, 5) is 7.55. The Balaban J connectivity index is 1.96. The van der Waals surface area contributed by atoms with Crippen LogP contribution < -0.4 is 4.72 Å². The molecule has 0 atom stereocenters. The third-order valence-electron chi connectivity index (χ3n) is 2.61. The van der Waals surface area contributed by atoms with Crippen LogP contribution in [0.25, 0.3) is 0 Å². The van der Waals surface area contributed by atoms with Crippen LogP contribution in [-0.2, 0) is 16.6 Å². The minimum atomic E-state index is -3.70. The third kappa shape index (κ3) is 3.40. The van der Waals surface area contributed by atoms with Crippen molar-refractivity contribution < 1.29 is 8.42 Å². The van der Waals surface area contributed by atoms with Crippen LogP contribution in [0.2, 0.25) is 0 Å². The molecule has 20 heavy (non-hydrogen) atoms.